The maximum absolute atomic E-state index is 12.7. The number of ether oxygens (including phenoxy) is 1. The molecule has 4 aromatic rings. The van der Waals surface area contributed by atoms with Crippen LogP contribution >= 0.6 is 11.6 Å². The van der Waals surface area contributed by atoms with Gasteiger partial charge in [-0.1, -0.05) is 43.6 Å². The Bertz CT molecular complexity index is 1300. The zero-order chi connectivity index (χ0) is 23.7. The molecule has 0 saturated carbocycles. The van der Waals surface area contributed by atoms with Gasteiger partial charge in [0.25, 0.3) is 0 Å². The van der Waals surface area contributed by atoms with E-state index in [0.29, 0.717) is 16.5 Å². The summed E-state index contributed by atoms with van der Waals surface area (Å²) in [5.41, 5.74) is 5.33. The van der Waals surface area contributed by atoms with E-state index in [4.69, 9.17) is 16.3 Å². The maximum Gasteiger partial charge on any atom is 0.338 e. The van der Waals surface area contributed by atoms with E-state index in [1.54, 1.807) is 0 Å². The Balaban J connectivity index is 2.00. The molecule has 0 aliphatic carbocycles. The van der Waals surface area contributed by atoms with Crippen molar-refractivity contribution in [3.63, 3.8) is 0 Å². The number of nitrogens with zero attached hydrogens (tertiary/aromatic N) is 3. The molecular weight excluding hydrogens is 434 g/mol. The highest BCUT2D eigenvalue weighted by molar-refractivity contribution is 6.30. The molecule has 0 bridgehead atoms. The predicted octanol–water partition coefficient (Wildman–Crippen LogP) is 6.53. The molecule has 2 aromatic carbocycles. The summed E-state index contributed by atoms with van der Waals surface area (Å²) in [4.78, 5) is 19.4. The van der Waals surface area contributed by atoms with Gasteiger partial charge in [-0.2, -0.15) is 0 Å². The standard InChI is InChI=1S/C27H28ClN3O2/c1-17(2)26(30(3)4)31-16-23(25-22(27(32)33-5)10-7-11-24(25)31)20-12-19(14-29-15-20)18-8-6-9-21(28)13-18/h6-17,26H,1-5H3. The molecule has 0 aliphatic rings. The van der Waals surface area contributed by atoms with Gasteiger partial charge in [-0.05, 0) is 55.9 Å². The van der Waals surface area contributed by atoms with Crippen LogP contribution in [0.3, 0.4) is 0 Å². The average Bonchev–Trinajstić information content (AvgIpc) is 3.17. The van der Waals surface area contributed by atoms with Gasteiger partial charge in [0.2, 0.25) is 0 Å². The van der Waals surface area contributed by atoms with Gasteiger partial charge < -0.3 is 9.30 Å². The van der Waals surface area contributed by atoms with Crippen molar-refractivity contribution in [2.45, 2.75) is 20.0 Å². The summed E-state index contributed by atoms with van der Waals surface area (Å²) in [7, 11) is 5.55. The first kappa shape index (κ1) is 23.0. The molecule has 0 amide bonds. The number of hydrogen-bond acceptors (Lipinski definition) is 4. The Kier molecular flexibility index (Phi) is 6.54. The first-order chi connectivity index (χ1) is 15.8. The highest BCUT2D eigenvalue weighted by Gasteiger charge is 2.25. The van der Waals surface area contributed by atoms with Crippen LogP contribution in [0.2, 0.25) is 5.02 Å². The number of pyridine rings is 1. The first-order valence-electron chi connectivity index (χ1n) is 10.9. The van der Waals surface area contributed by atoms with Gasteiger partial charge in [0, 0.05) is 45.7 Å². The van der Waals surface area contributed by atoms with Crippen molar-refractivity contribution in [1.82, 2.24) is 14.5 Å². The van der Waals surface area contributed by atoms with Gasteiger partial charge >= 0.3 is 5.97 Å². The van der Waals surface area contributed by atoms with Crippen LogP contribution in [-0.2, 0) is 4.74 Å². The summed E-state index contributed by atoms with van der Waals surface area (Å²) >= 11 is 6.22. The van der Waals surface area contributed by atoms with Crippen molar-refractivity contribution in [2.75, 3.05) is 21.2 Å². The molecule has 5 nitrogen and oxygen atoms in total. The highest BCUT2D eigenvalue weighted by Crippen LogP contribution is 2.38. The molecule has 1 atom stereocenters. The molecule has 0 saturated heterocycles. The topological polar surface area (TPSA) is 47.4 Å². The van der Waals surface area contributed by atoms with Crippen LogP contribution in [0, 0.1) is 5.92 Å². The van der Waals surface area contributed by atoms with E-state index < -0.39 is 0 Å². The van der Waals surface area contributed by atoms with Crippen molar-refractivity contribution in [3.8, 4) is 22.3 Å². The lowest BCUT2D eigenvalue weighted by Gasteiger charge is -2.30. The minimum atomic E-state index is -0.357. The second kappa shape index (κ2) is 9.38. The second-order valence-corrected chi connectivity index (χ2v) is 9.17. The van der Waals surface area contributed by atoms with Crippen LogP contribution in [0.1, 0.15) is 30.4 Å². The van der Waals surface area contributed by atoms with Gasteiger partial charge in [0.05, 0.1) is 24.4 Å². The number of hydrogen-bond donors (Lipinski definition) is 0. The third kappa shape index (κ3) is 4.39. The molecular formula is C27H28ClN3O2. The van der Waals surface area contributed by atoms with E-state index in [-0.39, 0.29) is 12.1 Å². The Labute approximate surface area is 199 Å². The molecule has 0 fully saturated rings. The van der Waals surface area contributed by atoms with Gasteiger partial charge in [-0.3, -0.25) is 9.88 Å². The fourth-order valence-corrected chi connectivity index (χ4v) is 4.80. The van der Waals surface area contributed by atoms with E-state index in [9.17, 15) is 4.79 Å². The second-order valence-electron chi connectivity index (χ2n) is 8.74. The van der Waals surface area contributed by atoms with Crippen LogP contribution in [0.25, 0.3) is 33.2 Å². The summed E-state index contributed by atoms with van der Waals surface area (Å²) in [6.07, 6.45) is 5.90. The Morgan fingerprint density at radius 1 is 1.03 bits per heavy atom. The zero-order valence-electron chi connectivity index (χ0n) is 19.5. The molecule has 0 N–H and O–H groups in total. The quantitative estimate of drug-likeness (QED) is 0.306. The fraction of sp³-hybridized carbons (Fsp3) is 0.259. The van der Waals surface area contributed by atoms with Crippen molar-refractivity contribution in [1.29, 1.82) is 0 Å². The van der Waals surface area contributed by atoms with Crippen LogP contribution < -0.4 is 0 Å². The Morgan fingerprint density at radius 2 is 1.76 bits per heavy atom. The predicted molar refractivity (Wildman–Crippen MR) is 135 cm³/mol. The number of carbonyl (C=O) groups excluding carboxylic acids is 1. The van der Waals surface area contributed by atoms with Crippen LogP contribution in [-0.4, -0.2) is 41.6 Å². The molecule has 1 unspecified atom stereocenters. The molecule has 0 aliphatic heterocycles. The number of aromatic nitrogens is 2. The van der Waals surface area contributed by atoms with Gasteiger partial charge in [0.15, 0.2) is 0 Å². The van der Waals surface area contributed by atoms with Crippen LogP contribution in [0.5, 0.6) is 0 Å². The summed E-state index contributed by atoms with van der Waals surface area (Å²) < 4.78 is 7.36. The van der Waals surface area contributed by atoms with Crippen molar-refractivity contribution in [2.24, 2.45) is 5.92 Å². The zero-order valence-corrected chi connectivity index (χ0v) is 20.3. The van der Waals surface area contributed by atoms with Gasteiger partial charge in [-0.15, -0.1) is 0 Å². The SMILES string of the molecule is COC(=O)c1cccc2c1c(-c1cncc(-c3cccc(Cl)c3)c1)cn2C(C(C)C)N(C)C. The van der Waals surface area contributed by atoms with Crippen molar-refractivity contribution in [3.05, 3.63) is 77.7 Å². The lowest BCUT2D eigenvalue weighted by atomic mass is 9.99. The molecule has 2 heterocycles. The van der Waals surface area contributed by atoms with Crippen molar-refractivity contribution >= 4 is 28.5 Å². The van der Waals surface area contributed by atoms with Crippen LogP contribution in [0.15, 0.2) is 67.1 Å². The largest absolute Gasteiger partial charge is 0.465 e. The number of fused-ring (bicyclic) bond motifs is 1. The fourth-order valence-electron chi connectivity index (χ4n) is 4.61. The molecule has 0 spiro atoms. The Hall–Kier alpha value is -3.15. The van der Waals surface area contributed by atoms with E-state index in [0.717, 1.165) is 33.2 Å². The lowest BCUT2D eigenvalue weighted by Crippen LogP contribution is -2.29. The molecule has 33 heavy (non-hydrogen) atoms. The number of rotatable bonds is 6. The monoisotopic (exact) mass is 461 g/mol. The molecule has 2 aromatic heterocycles. The molecule has 0 radical (unpaired) electrons. The minimum Gasteiger partial charge on any atom is -0.465 e. The third-order valence-electron chi connectivity index (χ3n) is 5.88. The highest BCUT2D eigenvalue weighted by atomic mass is 35.5. The first-order valence-corrected chi connectivity index (χ1v) is 11.3. The number of esters is 1. The maximum atomic E-state index is 12.7. The summed E-state index contributed by atoms with van der Waals surface area (Å²) in [5.74, 6) is -0.00865. The van der Waals surface area contributed by atoms with E-state index in [2.05, 4.69) is 60.7 Å². The van der Waals surface area contributed by atoms with Gasteiger partial charge in [-0.25, -0.2) is 4.79 Å². The number of halogens is 1. The van der Waals surface area contributed by atoms with Gasteiger partial charge in [0.1, 0.15) is 0 Å². The number of carbonyl (C=O) groups is 1. The third-order valence-corrected chi connectivity index (χ3v) is 6.12. The Morgan fingerprint density at radius 3 is 2.42 bits per heavy atom. The summed E-state index contributed by atoms with van der Waals surface area (Å²) in [6, 6.07) is 15.6. The summed E-state index contributed by atoms with van der Waals surface area (Å²) in [5, 5.41) is 1.54. The minimum absolute atomic E-state index is 0.109. The summed E-state index contributed by atoms with van der Waals surface area (Å²) in [6.45, 7) is 4.39. The molecule has 170 valence electrons. The van der Waals surface area contributed by atoms with E-state index in [1.807, 2.05) is 48.8 Å². The lowest BCUT2D eigenvalue weighted by molar-refractivity contribution is 0.0603. The van der Waals surface area contributed by atoms with Crippen molar-refractivity contribution < 1.29 is 9.53 Å². The number of methoxy groups -OCH3 is 1. The van der Waals surface area contributed by atoms with Crippen LogP contribution in [0.4, 0.5) is 0 Å². The van der Waals surface area contributed by atoms with E-state index >= 15 is 0 Å². The van der Waals surface area contributed by atoms with E-state index in [1.165, 1.54) is 7.11 Å². The normalized spacial score (nSPS) is 12.5. The smallest absolute Gasteiger partial charge is 0.338 e. The average molecular weight is 462 g/mol. The molecule has 4 rings (SSSR count). The number of benzene rings is 2. The molecule has 6 heteroatoms.